The molecule has 0 fully saturated rings. The lowest BCUT2D eigenvalue weighted by Crippen LogP contribution is -2.20. The largest absolute Gasteiger partial charge is 0.385 e. The van der Waals surface area contributed by atoms with Crippen molar-refractivity contribution in [2.24, 2.45) is 0 Å². The van der Waals surface area contributed by atoms with E-state index in [0.717, 1.165) is 26.1 Å². The molecular weight excluding hydrogens is 254 g/mol. The summed E-state index contributed by atoms with van der Waals surface area (Å²) in [6.45, 7) is 3.05. The average molecular weight is 273 g/mol. The molecule has 1 aliphatic heterocycles. The fourth-order valence-corrected chi connectivity index (χ4v) is 3.14. The van der Waals surface area contributed by atoms with Gasteiger partial charge in [-0.05, 0) is 30.0 Å². The molecule has 2 heterocycles. The molecule has 1 aliphatic rings. The number of anilines is 1. The highest BCUT2D eigenvalue weighted by atomic mass is 32.1. The molecule has 0 radical (unpaired) electrons. The van der Waals surface area contributed by atoms with E-state index in [9.17, 15) is 0 Å². The number of nitrogens with zero attached hydrogens (tertiary/aromatic N) is 1. The van der Waals surface area contributed by atoms with Crippen LogP contribution >= 0.6 is 11.3 Å². The first-order valence-corrected chi connectivity index (χ1v) is 7.80. The van der Waals surface area contributed by atoms with Crippen LogP contribution in [0.5, 0.6) is 0 Å². The highest BCUT2D eigenvalue weighted by Crippen LogP contribution is 2.25. The maximum absolute atomic E-state index is 4.30. The summed E-state index contributed by atoms with van der Waals surface area (Å²) in [6.07, 6.45) is 3.45. The maximum Gasteiger partial charge on any atom is 0.0794 e. The third kappa shape index (κ3) is 3.14. The van der Waals surface area contributed by atoms with Crippen molar-refractivity contribution in [3.63, 3.8) is 0 Å². The summed E-state index contributed by atoms with van der Waals surface area (Å²) in [6, 6.07) is 6.57. The van der Waals surface area contributed by atoms with Crippen molar-refractivity contribution in [1.82, 2.24) is 10.3 Å². The van der Waals surface area contributed by atoms with E-state index in [4.69, 9.17) is 0 Å². The smallest absolute Gasteiger partial charge is 0.0794 e. The van der Waals surface area contributed by atoms with Gasteiger partial charge in [-0.2, -0.15) is 0 Å². The summed E-state index contributed by atoms with van der Waals surface area (Å²) in [5, 5.41) is 9.13. The van der Waals surface area contributed by atoms with E-state index in [2.05, 4.69) is 39.2 Å². The quantitative estimate of drug-likeness (QED) is 0.823. The second kappa shape index (κ2) is 6.17. The zero-order valence-electron chi connectivity index (χ0n) is 11.0. The minimum atomic E-state index is 0.953. The van der Waals surface area contributed by atoms with E-state index in [-0.39, 0.29) is 0 Å². The van der Waals surface area contributed by atoms with Crippen LogP contribution in [-0.4, -0.2) is 18.1 Å². The lowest BCUT2D eigenvalue weighted by atomic mass is 9.97. The predicted octanol–water partition coefficient (Wildman–Crippen LogP) is 2.83. The maximum atomic E-state index is 4.30. The van der Waals surface area contributed by atoms with E-state index in [1.54, 1.807) is 11.3 Å². The molecule has 1 aromatic heterocycles. The van der Waals surface area contributed by atoms with Gasteiger partial charge in [0.2, 0.25) is 0 Å². The van der Waals surface area contributed by atoms with Crippen LogP contribution in [0, 0.1) is 0 Å². The standard InChI is InChI=1S/C15H19N3S/c1-3-12(14-4-2-7-17-15(14)5-1)9-16-8-6-13-10-19-11-18-13/h1,3,5,10-11,16-17H,2,4,6-9H2. The molecular formula is C15H19N3S. The minimum absolute atomic E-state index is 0.953. The van der Waals surface area contributed by atoms with Crippen molar-refractivity contribution in [3.8, 4) is 0 Å². The summed E-state index contributed by atoms with van der Waals surface area (Å²) in [4.78, 5) is 4.30. The summed E-state index contributed by atoms with van der Waals surface area (Å²) >= 11 is 1.67. The van der Waals surface area contributed by atoms with Gasteiger partial charge in [-0.15, -0.1) is 11.3 Å². The van der Waals surface area contributed by atoms with E-state index >= 15 is 0 Å². The number of fused-ring (bicyclic) bond motifs is 1. The number of thiazole rings is 1. The average Bonchev–Trinajstić information content (AvgIpc) is 2.97. The van der Waals surface area contributed by atoms with Crippen LogP contribution in [0.25, 0.3) is 0 Å². The van der Waals surface area contributed by atoms with Crippen LogP contribution in [0.1, 0.15) is 23.2 Å². The second-order valence-corrected chi connectivity index (χ2v) is 5.60. The van der Waals surface area contributed by atoms with Crippen LogP contribution in [-0.2, 0) is 19.4 Å². The van der Waals surface area contributed by atoms with Gasteiger partial charge in [0.1, 0.15) is 0 Å². The first kappa shape index (κ1) is 12.6. The fraction of sp³-hybridized carbons (Fsp3) is 0.400. The Kier molecular flexibility index (Phi) is 4.10. The zero-order chi connectivity index (χ0) is 12.9. The molecule has 0 spiro atoms. The first-order valence-electron chi connectivity index (χ1n) is 6.86. The van der Waals surface area contributed by atoms with Crippen LogP contribution < -0.4 is 10.6 Å². The van der Waals surface area contributed by atoms with Crippen molar-refractivity contribution in [2.45, 2.75) is 25.8 Å². The summed E-state index contributed by atoms with van der Waals surface area (Å²) < 4.78 is 0. The lowest BCUT2D eigenvalue weighted by molar-refractivity contribution is 0.673. The van der Waals surface area contributed by atoms with Crippen molar-refractivity contribution in [3.05, 3.63) is 45.9 Å². The molecule has 2 aromatic rings. The Labute approximate surface area is 118 Å². The molecule has 19 heavy (non-hydrogen) atoms. The summed E-state index contributed by atoms with van der Waals surface area (Å²) in [5.74, 6) is 0. The van der Waals surface area contributed by atoms with E-state index in [1.807, 2.05) is 5.51 Å². The Hall–Kier alpha value is -1.39. The predicted molar refractivity (Wildman–Crippen MR) is 80.8 cm³/mol. The Morgan fingerprint density at radius 2 is 2.37 bits per heavy atom. The Bertz CT molecular complexity index is 522. The van der Waals surface area contributed by atoms with E-state index in [1.165, 1.54) is 35.3 Å². The third-order valence-electron chi connectivity index (χ3n) is 3.55. The molecule has 3 nitrogen and oxygen atoms in total. The third-order valence-corrected chi connectivity index (χ3v) is 4.18. The van der Waals surface area contributed by atoms with Gasteiger partial charge in [0.15, 0.2) is 0 Å². The number of hydrogen-bond acceptors (Lipinski definition) is 4. The van der Waals surface area contributed by atoms with E-state index < -0.39 is 0 Å². The first-order chi connectivity index (χ1) is 9.43. The number of aromatic nitrogens is 1. The van der Waals surface area contributed by atoms with Crippen LogP contribution in [0.3, 0.4) is 0 Å². The SMILES string of the molecule is c1cc(CNCCc2cscn2)c2c(c1)NCCC2. The fourth-order valence-electron chi connectivity index (χ4n) is 2.55. The van der Waals surface area contributed by atoms with Crippen molar-refractivity contribution < 1.29 is 0 Å². The van der Waals surface area contributed by atoms with Gasteiger partial charge in [0.25, 0.3) is 0 Å². The van der Waals surface area contributed by atoms with Crippen molar-refractivity contribution >= 4 is 17.0 Å². The molecule has 0 amide bonds. The van der Waals surface area contributed by atoms with Gasteiger partial charge in [0, 0.05) is 37.1 Å². The van der Waals surface area contributed by atoms with Gasteiger partial charge in [-0.1, -0.05) is 12.1 Å². The van der Waals surface area contributed by atoms with Gasteiger partial charge < -0.3 is 10.6 Å². The number of hydrogen-bond donors (Lipinski definition) is 2. The zero-order valence-corrected chi connectivity index (χ0v) is 11.8. The summed E-state index contributed by atoms with van der Waals surface area (Å²) in [5.41, 5.74) is 7.34. The number of benzene rings is 1. The molecule has 4 heteroatoms. The molecule has 0 aliphatic carbocycles. The van der Waals surface area contributed by atoms with Gasteiger partial charge in [-0.3, -0.25) is 0 Å². The molecule has 3 rings (SSSR count). The van der Waals surface area contributed by atoms with Crippen LogP contribution in [0.2, 0.25) is 0 Å². The van der Waals surface area contributed by atoms with Gasteiger partial charge >= 0.3 is 0 Å². The monoisotopic (exact) mass is 273 g/mol. The molecule has 0 unspecified atom stereocenters. The highest BCUT2D eigenvalue weighted by molar-refractivity contribution is 7.07. The molecule has 0 saturated carbocycles. The molecule has 2 N–H and O–H groups in total. The van der Waals surface area contributed by atoms with Gasteiger partial charge in [-0.25, -0.2) is 4.98 Å². The van der Waals surface area contributed by atoms with Crippen molar-refractivity contribution in [1.29, 1.82) is 0 Å². The van der Waals surface area contributed by atoms with Crippen molar-refractivity contribution in [2.75, 3.05) is 18.4 Å². The van der Waals surface area contributed by atoms with Crippen LogP contribution in [0.15, 0.2) is 29.1 Å². The molecule has 0 atom stereocenters. The molecule has 1 aromatic carbocycles. The Morgan fingerprint density at radius 3 is 3.26 bits per heavy atom. The van der Waals surface area contributed by atoms with E-state index in [0.29, 0.717) is 0 Å². The number of nitrogens with one attached hydrogen (secondary N) is 2. The molecule has 0 saturated heterocycles. The number of rotatable bonds is 5. The molecule has 0 bridgehead atoms. The molecule has 100 valence electrons. The van der Waals surface area contributed by atoms with Crippen LogP contribution in [0.4, 0.5) is 5.69 Å². The lowest BCUT2D eigenvalue weighted by Gasteiger charge is -2.21. The normalized spacial score (nSPS) is 13.9. The Balaban J connectivity index is 1.55. The topological polar surface area (TPSA) is 37.0 Å². The Morgan fingerprint density at radius 1 is 1.37 bits per heavy atom. The van der Waals surface area contributed by atoms with Gasteiger partial charge in [0.05, 0.1) is 11.2 Å². The summed E-state index contributed by atoms with van der Waals surface area (Å²) in [7, 11) is 0. The second-order valence-electron chi connectivity index (χ2n) is 4.88. The highest BCUT2D eigenvalue weighted by Gasteiger charge is 2.11. The minimum Gasteiger partial charge on any atom is -0.385 e.